The van der Waals surface area contributed by atoms with E-state index >= 15 is 0 Å². The molecule has 2 atom stereocenters. The lowest BCUT2D eigenvalue weighted by Crippen LogP contribution is -2.14. The fraction of sp³-hybridized carbons (Fsp3) is 0.300. The molecular formula is C30H31N3O3. The molecule has 1 heterocycles. The van der Waals surface area contributed by atoms with E-state index in [1.807, 2.05) is 67.5 Å². The monoisotopic (exact) mass is 481 g/mol. The predicted molar refractivity (Wildman–Crippen MR) is 143 cm³/mol. The van der Waals surface area contributed by atoms with Crippen LogP contribution in [0.3, 0.4) is 0 Å². The molecule has 6 heteroatoms. The highest BCUT2D eigenvalue weighted by molar-refractivity contribution is 5.95. The number of fused-ring (bicyclic) bond motifs is 2. The van der Waals surface area contributed by atoms with Gasteiger partial charge in [0.2, 0.25) is 11.8 Å². The zero-order valence-corrected chi connectivity index (χ0v) is 20.9. The van der Waals surface area contributed by atoms with E-state index in [1.165, 1.54) is 0 Å². The standard InChI is InChI=1S/C30H31N3O3/c1-19-11-12-20(15-16-36-23-8-6-7-22(17-23)32(2)3)28-27(19)29(34)33(30(28)35)26-14-13-21(18-31)24-9-4-5-10-25(24)26/h4-10,13-14,17,19-20,34-35H,11-12,15-16H2,1-3H3/t19-,20-/m0/s1. The van der Waals surface area contributed by atoms with Gasteiger partial charge >= 0.3 is 0 Å². The van der Waals surface area contributed by atoms with Gasteiger partial charge in [0.25, 0.3) is 0 Å². The molecule has 1 aromatic heterocycles. The van der Waals surface area contributed by atoms with Gasteiger partial charge in [0.15, 0.2) is 0 Å². The van der Waals surface area contributed by atoms with Crippen molar-refractivity contribution in [3.63, 3.8) is 0 Å². The van der Waals surface area contributed by atoms with Crippen molar-refractivity contribution in [3.05, 3.63) is 77.4 Å². The zero-order valence-electron chi connectivity index (χ0n) is 20.9. The summed E-state index contributed by atoms with van der Waals surface area (Å²) in [7, 11) is 4.00. The minimum atomic E-state index is 0.0727. The third kappa shape index (κ3) is 4.01. The van der Waals surface area contributed by atoms with E-state index in [9.17, 15) is 15.5 Å². The molecule has 0 fully saturated rings. The summed E-state index contributed by atoms with van der Waals surface area (Å²) in [6.45, 7) is 2.61. The Kier molecular flexibility index (Phi) is 6.24. The van der Waals surface area contributed by atoms with E-state index in [0.29, 0.717) is 17.9 Å². The third-order valence-electron chi connectivity index (χ3n) is 7.38. The smallest absolute Gasteiger partial charge is 0.202 e. The first-order valence-electron chi connectivity index (χ1n) is 12.4. The molecule has 0 spiro atoms. The van der Waals surface area contributed by atoms with Gasteiger partial charge in [-0.2, -0.15) is 5.26 Å². The number of ether oxygens (including phenoxy) is 1. The van der Waals surface area contributed by atoms with E-state index in [1.54, 1.807) is 16.7 Å². The van der Waals surface area contributed by atoms with Crippen LogP contribution < -0.4 is 9.64 Å². The molecule has 3 aromatic carbocycles. The average molecular weight is 482 g/mol. The zero-order chi connectivity index (χ0) is 25.4. The molecule has 2 N–H and O–H groups in total. The van der Waals surface area contributed by atoms with Gasteiger partial charge < -0.3 is 19.8 Å². The lowest BCUT2D eigenvalue weighted by molar-refractivity contribution is 0.286. The molecule has 0 saturated heterocycles. The number of hydrogen-bond donors (Lipinski definition) is 2. The topological polar surface area (TPSA) is 81.7 Å². The highest BCUT2D eigenvalue weighted by atomic mass is 16.5. The van der Waals surface area contributed by atoms with E-state index < -0.39 is 0 Å². The normalized spacial score (nSPS) is 16.9. The predicted octanol–water partition coefficient (Wildman–Crippen LogP) is 6.43. The fourth-order valence-electron chi connectivity index (χ4n) is 5.47. The van der Waals surface area contributed by atoms with Gasteiger partial charge in [-0.15, -0.1) is 0 Å². The summed E-state index contributed by atoms with van der Waals surface area (Å²) in [4.78, 5) is 2.04. The maximum atomic E-state index is 11.5. The molecule has 0 amide bonds. The van der Waals surface area contributed by atoms with Crippen molar-refractivity contribution in [3.8, 4) is 29.3 Å². The number of benzene rings is 3. The van der Waals surface area contributed by atoms with Crippen molar-refractivity contribution in [2.45, 2.75) is 38.0 Å². The van der Waals surface area contributed by atoms with Gasteiger partial charge in [-0.1, -0.05) is 37.3 Å². The molecule has 36 heavy (non-hydrogen) atoms. The number of nitriles is 1. The Bertz CT molecular complexity index is 1460. The van der Waals surface area contributed by atoms with Crippen LogP contribution in [0.15, 0.2) is 60.7 Å². The van der Waals surface area contributed by atoms with Crippen molar-refractivity contribution in [2.75, 3.05) is 25.6 Å². The number of nitrogens with zero attached hydrogens (tertiary/aromatic N) is 3. The van der Waals surface area contributed by atoms with Crippen LogP contribution in [-0.4, -0.2) is 35.5 Å². The molecular weight excluding hydrogens is 450 g/mol. The van der Waals surface area contributed by atoms with E-state index in [2.05, 4.69) is 13.0 Å². The second kappa shape index (κ2) is 9.50. The molecule has 4 aromatic rings. The van der Waals surface area contributed by atoms with Crippen LogP contribution in [0.25, 0.3) is 16.5 Å². The second-order valence-electron chi connectivity index (χ2n) is 9.80. The Morgan fingerprint density at radius 2 is 1.72 bits per heavy atom. The maximum absolute atomic E-state index is 11.5. The number of aromatic nitrogens is 1. The van der Waals surface area contributed by atoms with E-state index in [4.69, 9.17) is 4.74 Å². The fourth-order valence-corrected chi connectivity index (χ4v) is 5.47. The first-order valence-corrected chi connectivity index (χ1v) is 12.4. The minimum absolute atomic E-state index is 0.0727. The number of hydrogen-bond acceptors (Lipinski definition) is 5. The summed E-state index contributed by atoms with van der Waals surface area (Å²) >= 11 is 0. The molecule has 0 unspecified atom stereocenters. The van der Waals surface area contributed by atoms with E-state index in [0.717, 1.165) is 52.6 Å². The summed E-state index contributed by atoms with van der Waals surface area (Å²) in [6, 6.07) is 21.4. The minimum Gasteiger partial charge on any atom is -0.494 e. The summed E-state index contributed by atoms with van der Waals surface area (Å²) < 4.78 is 7.62. The van der Waals surface area contributed by atoms with Crippen LogP contribution >= 0.6 is 0 Å². The highest BCUT2D eigenvalue weighted by Crippen LogP contribution is 2.51. The molecule has 1 aliphatic carbocycles. The van der Waals surface area contributed by atoms with Gasteiger partial charge in [-0.3, -0.25) is 4.57 Å². The average Bonchev–Trinajstić information content (AvgIpc) is 3.15. The Morgan fingerprint density at radius 1 is 0.972 bits per heavy atom. The van der Waals surface area contributed by atoms with Crippen molar-refractivity contribution in [2.24, 2.45) is 0 Å². The van der Waals surface area contributed by atoms with Crippen LogP contribution in [0.1, 0.15) is 54.7 Å². The van der Waals surface area contributed by atoms with Crippen LogP contribution in [0, 0.1) is 11.3 Å². The van der Waals surface area contributed by atoms with Gasteiger partial charge in [0.1, 0.15) is 5.75 Å². The van der Waals surface area contributed by atoms with Crippen molar-refractivity contribution >= 4 is 16.5 Å². The van der Waals surface area contributed by atoms with Crippen molar-refractivity contribution in [1.82, 2.24) is 4.57 Å². The SMILES string of the molecule is C[C@H]1CC[C@@H](CCOc2cccc(N(C)C)c2)c2c1c(O)n(-c1ccc(C#N)c3ccccc13)c2O. The summed E-state index contributed by atoms with van der Waals surface area (Å²) in [5, 5.41) is 34.0. The molecule has 0 bridgehead atoms. The van der Waals surface area contributed by atoms with Crippen molar-refractivity contribution < 1.29 is 14.9 Å². The Labute approximate surface area is 211 Å². The third-order valence-corrected chi connectivity index (χ3v) is 7.38. The quantitative estimate of drug-likeness (QED) is 0.332. The second-order valence-corrected chi connectivity index (χ2v) is 9.80. The van der Waals surface area contributed by atoms with Crippen LogP contribution in [-0.2, 0) is 0 Å². The maximum Gasteiger partial charge on any atom is 0.202 e. The summed E-state index contributed by atoms with van der Waals surface area (Å²) in [5.74, 6) is 1.17. The molecule has 0 aliphatic heterocycles. The van der Waals surface area contributed by atoms with Crippen molar-refractivity contribution in [1.29, 1.82) is 5.26 Å². The van der Waals surface area contributed by atoms with Crippen LogP contribution in [0.4, 0.5) is 5.69 Å². The molecule has 184 valence electrons. The van der Waals surface area contributed by atoms with Gasteiger partial charge in [0.05, 0.1) is 23.9 Å². The highest BCUT2D eigenvalue weighted by Gasteiger charge is 2.35. The lowest BCUT2D eigenvalue weighted by atomic mass is 9.78. The van der Waals surface area contributed by atoms with Crippen LogP contribution in [0.2, 0.25) is 0 Å². The van der Waals surface area contributed by atoms with Gasteiger partial charge in [-0.05, 0) is 55.4 Å². The molecule has 1 aliphatic rings. The first kappa shape index (κ1) is 23.6. The Balaban J connectivity index is 1.49. The molecule has 6 nitrogen and oxygen atoms in total. The number of anilines is 1. The van der Waals surface area contributed by atoms with Gasteiger partial charge in [-0.25, -0.2) is 0 Å². The Morgan fingerprint density at radius 3 is 2.47 bits per heavy atom. The lowest BCUT2D eigenvalue weighted by Gasteiger charge is -2.27. The van der Waals surface area contributed by atoms with E-state index in [-0.39, 0.29) is 23.6 Å². The summed E-state index contributed by atoms with van der Waals surface area (Å²) in [5.41, 5.74) is 3.93. The largest absolute Gasteiger partial charge is 0.494 e. The first-order chi connectivity index (χ1) is 17.4. The van der Waals surface area contributed by atoms with Gasteiger partial charge in [0, 0.05) is 47.7 Å². The van der Waals surface area contributed by atoms with Crippen LogP contribution in [0.5, 0.6) is 17.5 Å². The number of aromatic hydroxyl groups is 2. The Hall–Kier alpha value is -4.11. The summed E-state index contributed by atoms with van der Waals surface area (Å²) in [6.07, 6.45) is 2.58. The number of rotatable bonds is 6. The molecule has 0 radical (unpaired) electrons. The molecule has 0 saturated carbocycles. The molecule has 5 rings (SSSR count).